The Balaban J connectivity index is 1.90. The van der Waals surface area contributed by atoms with Gasteiger partial charge in [-0.1, -0.05) is 45.0 Å². The standard InChI is InChI=1S/C19H24N2S/c1-4-15-5-9-17(10-6-15)20-19(22)21-18-11-7-16(8-12-18)13-14(2)3/h5-12,14H,4,13H2,1-3H3,(H2,20,21,22). The fourth-order valence-electron chi connectivity index (χ4n) is 2.31. The molecule has 0 unspecified atom stereocenters. The average molecular weight is 312 g/mol. The molecule has 0 aliphatic carbocycles. The van der Waals surface area contributed by atoms with E-state index in [1.165, 1.54) is 11.1 Å². The summed E-state index contributed by atoms with van der Waals surface area (Å²) in [5, 5.41) is 7.04. The third-order valence-corrected chi connectivity index (χ3v) is 3.68. The molecule has 2 N–H and O–H groups in total. The molecule has 0 saturated carbocycles. The minimum Gasteiger partial charge on any atom is -0.332 e. The van der Waals surface area contributed by atoms with Crippen LogP contribution in [0.3, 0.4) is 0 Å². The summed E-state index contributed by atoms with van der Waals surface area (Å²) >= 11 is 5.36. The summed E-state index contributed by atoms with van der Waals surface area (Å²) in [6.45, 7) is 6.61. The summed E-state index contributed by atoms with van der Waals surface area (Å²) < 4.78 is 0. The van der Waals surface area contributed by atoms with Crippen molar-refractivity contribution in [2.24, 2.45) is 5.92 Å². The topological polar surface area (TPSA) is 24.1 Å². The molecule has 0 spiro atoms. The number of rotatable bonds is 5. The summed E-state index contributed by atoms with van der Waals surface area (Å²) in [5.74, 6) is 0.674. The van der Waals surface area contributed by atoms with Crippen LogP contribution < -0.4 is 10.6 Å². The lowest BCUT2D eigenvalue weighted by Gasteiger charge is -2.12. The summed E-state index contributed by atoms with van der Waals surface area (Å²) in [6.07, 6.45) is 2.15. The summed E-state index contributed by atoms with van der Waals surface area (Å²) in [5.41, 5.74) is 4.70. The van der Waals surface area contributed by atoms with Gasteiger partial charge in [0.15, 0.2) is 5.11 Å². The molecule has 0 atom stereocenters. The molecule has 0 fully saturated rings. The van der Waals surface area contributed by atoms with Crippen molar-refractivity contribution < 1.29 is 0 Å². The van der Waals surface area contributed by atoms with Crippen molar-refractivity contribution in [3.05, 3.63) is 59.7 Å². The van der Waals surface area contributed by atoms with Gasteiger partial charge in [-0.05, 0) is 66.4 Å². The van der Waals surface area contributed by atoms with Crippen LogP contribution in [0.25, 0.3) is 0 Å². The predicted molar refractivity (Wildman–Crippen MR) is 101 cm³/mol. The van der Waals surface area contributed by atoms with Gasteiger partial charge in [0, 0.05) is 11.4 Å². The lowest BCUT2D eigenvalue weighted by molar-refractivity contribution is 0.647. The molecule has 0 aliphatic heterocycles. The molecule has 0 amide bonds. The molecule has 3 heteroatoms. The molecule has 0 aliphatic rings. The zero-order chi connectivity index (χ0) is 15.9. The summed E-state index contributed by atoms with van der Waals surface area (Å²) in [7, 11) is 0. The first-order valence-corrected chi connectivity index (χ1v) is 8.23. The normalized spacial score (nSPS) is 10.5. The average Bonchev–Trinajstić information content (AvgIpc) is 2.49. The van der Waals surface area contributed by atoms with Crippen LogP contribution in [0, 0.1) is 5.92 Å². The highest BCUT2D eigenvalue weighted by Crippen LogP contribution is 2.14. The highest BCUT2D eigenvalue weighted by molar-refractivity contribution is 7.80. The molecule has 0 heterocycles. The molecule has 0 radical (unpaired) electrons. The Morgan fingerprint density at radius 1 is 0.864 bits per heavy atom. The highest BCUT2D eigenvalue weighted by Gasteiger charge is 2.01. The van der Waals surface area contributed by atoms with E-state index < -0.39 is 0 Å². The van der Waals surface area contributed by atoms with Crippen molar-refractivity contribution in [2.45, 2.75) is 33.6 Å². The number of hydrogen-bond donors (Lipinski definition) is 2. The van der Waals surface area contributed by atoms with Gasteiger partial charge in [-0.2, -0.15) is 0 Å². The van der Waals surface area contributed by atoms with Crippen LogP contribution in [0.4, 0.5) is 11.4 Å². The third kappa shape index (κ3) is 5.15. The second-order valence-electron chi connectivity index (χ2n) is 5.92. The molecule has 116 valence electrons. The summed E-state index contributed by atoms with van der Waals surface area (Å²) in [4.78, 5) is 0. The van der Waals surface area contributed by atoms with Gasteiger partial charge >= 0.3 is 0 Å². The number of thiocarbonyl (C=S) groups is 1. The van der Waals surface area contributed by atoms with Crippen LogP contribution in [-0.4, -0.2) is 5.11 Å². The van der Waals surface area contributed by atoms with Gasteiger partial charge < -0.3 is 10.6 Å². The van der Waals surface area contributed by atoms with E-state index in [-0.39, 0.29) is 0 Å². The van der Waals surface area contributed by atoms with Crippen molar-refractivity contribution in [1.29, 1.82) is 0 Å². The van der Waals surface area contributed by atoms with Crippen molar-refractivity contribution in [3.63, 3.8) is 0 Å². The van der Waals surface area contributed by atoms with Crippen LogP contribution in [0.1, 0.15) is 31.9 Å². The van der Waals surface area contributed by atoms with E-state index in [9.17, 15) is 0 Å². The van der Waals surface area contributed by atoms with Crippen molar-refractivity contribution in [2.75, 3.05) is 10.6 Å². The maximum atomic E-state index is 5.36. The maximum Gasteiger partial charge on any atom is 0.175 e. The molecule has 0 bridgehead atoms. The quantitative estimate of drug-likeness (QED) is 0.737. The highest BCUT2D eigenvalue weighted by atomic mass is 32.1. The Hall–Kier alpha value is -1.87. The Kier molecular flexibility index (Phi) is 5.96. The second-order valence-corrected chi connectivity index (χ2v) is 6.33. The Labute approximate surface area is 139 Å². The lowest BCUT2D eigenvalue weighted by Crippen LogP contribution is -2.19. The number of hydrogen-bond acceptors (Lipinski definition) is 1. The van der Waals surface area contributed by atoms with E-state index in [0.29, 0.717) is 11.0 Å². The van der Waals surface area contributed by atoms with Crippen molar-refractivity contribution in [3.8, 4) is 0 Å². The first-order valence-electron chi connectivity index (χ1n) is 7.82. The van der Waals surface area contributed by atoms with Gasteiger partial charge in [-0.15, -0.1) is 0 Å². The number of aryl methyl sites for hydroxylation is 1. The van der Waals surface area contributed by atoms with Gasteiger partial charge in [0.05, 0.1) is 0 Å². The van der Waals surface area contributed by atoms with Crippen LogP contribution in [-0.2, 0) is 12.8 Å². The van der Waals surface area contributed by atoms with Gasteiger partial charge in [-0.25, -0.2) is 0 Å². The first-order chi connectivity index (χ1) is 10.6. The van der Waals surface area contributed by atoms with Gasteiger partial charge in [0.25, 0.3) is 0 Å². The first kappa shape index (κ1) is 16.5. The van der Waals surface area contributed by atoms with E-state index in [4.69, 9.17) is 12.2 Å². The molecule has 22 heavy (non-hydrogen) atoms. The van der Waals surface area contributed by atoms with Crippen LogP contribution in [0.5, 0.6) is 0 Å². The number of nitrogens with one attached hydrogen (secondary N) is 2. The van der Waals surface area contributed by atoms with Gasteiger partial charge in [0.1, 0.15) is 0 Å². The van der Waals surface area contributed by atoms with Crippen LogP contribution in [0.2, 0.25) is 0 Å². The molecular formula is C19H24N2S. The Bertz CT molecular complexity index is 600. The fraction of sp³-hybridized carbons (Fsp3) is 0.316. The lowest BCUT2D eigenvalue weighted by atomic mass is 10.0. The number of benzene rings is 2. The molecular weight excluding hydrogens is 288 g/mol. The van der Waals surface area contributed by atoms with Crippen LogP contribution in [0.15, 0.2) is 48.5 Å². The zero-order valence-electron chi connectivity index (χ0n) is 13.5. The van der Waals surface area contributed by atoms with Gasteiger partial charge in [-0.3, -0.25) is 0 Å². The fourth-order valence-corrected chi connectivity index (χ4v) is 2.55. The van der Waals surface area contributed by atoms with Gasteiger partial charge in [0.2, 0.25) is 0 Å². The zero-order valence-corrected chi connectivity index (χ0v) is 14.3. The second kappa shape index (κ2) is 7.95. The maximum absolute atomic E-state index is 5.36. The van der Waals surface area contributed by atoms with E-state index in [1.807, 2.05) is 0 Å². The molecule has 2 aromatic rings. The smallest absolute Gasteiger partial charge is 0.175 e. The molecule has 2 nitrogen and oxygen atoms in total. The molecule has 0 saturated heterocycles. The predicted octanol–water partition coefficient (Wildman–Crippen LogP) is 5.26. The number of anilines is 2. The monoisotopic (exact) mass is 312 g/mol. The van der Waals surface area contributed by atoms with E-state index in [1.54, 1.807) is 0 Å². The Morgan fingerprint density at radius 2 is 1.32 bits per heavy atom. The van der Waals surface area contributed by atoms with Crippen molar-refractivity contribution in [1.82, 2.24) is 0 Å². The van der Waals surface area contributed by atoms with E-state index >= 15 is 0 Å². The molecule has 2 rings (SSSR count). The third-order valence-electron chi connectivity index (χ3n) is 3.48. The summed E-state index contributed by atoms with van der Waals surface area (Å²) in [6, 6.07) is 16.8. The minimum absolute atomic E-state index is 0.612. The minimum atomic E-state index is 0.612. The van der Waals surface area contributed by atoms with Crippen molar-refractivity contribution >= 4 is 28.7 Å². The molecule has 2 aromatic carbocycles. The van der Waals surface area contributed by atoms with Crippen LogP contribution >= 0.6 is 12.2 Å². The largest absolute Gasteiger partial charge is 0.332 e. The van der Waals surface area contributed by atoms with E-state index in [2.05, 4.69) is 79.9 Å². The Morgan fingerprint density at radius 3 is 1.73 bits per heavy atom. The van der Waals surface area contributed by atoms with E-state index in [0.717, 1.165) is 24.2 Å². The molecule has 0 aromatic heterocycles. The SMILES string of the molecule is CCc1ccc(NC(=S)Nc2ccc(CC(C)C)cc2)cc1.